The first-order chi connectivity index (χ1) is 14.5. The molecule has 2 aromatic carbocycles. The predicted octanol–water partition coefficient (Wildman–Crippen LogP) is 1.91. The zero-order chi connectivity index (χ0) is 21.1. The summed E-state index contributed by atoms with van der Waals surface area (Å²) in [6.45, 7) is -0.165. The number of rotatable bonds is 5. The van der Waals surface area contributed by atoms with Crippen LogP contribution < -0.4 is 15.0 Å². The summed E-state index contributed by atoms with van der Waals surface area (Å²) in [6, 6.07) is 15.5. The number of aromatic nitrogens is 1. The summed E-state index contributed by atoms with van der Waals surface area (Å²) < 4.78 is 11.0. The number of hydrogen-bond acceptors (Lipinski definition) is 6. The van der Waals surface area contributed by atoms with Gasteiger partial charge in [0.2, 0.25) is 0 Å². The van der Waals surface area contributed by atoms with Gasteiger partial charge in [-0.05, 0) is 23.3 Å². The second kappa shape index (κ2) is 8.38. The number of amides is 2. The lowest BCUT2D eigenvalue weighted by Gasteiger charge is -2.20. The molecule has 0 saturated carbocycles. The fourth-order valence-electron chi connectivity index (χ4n) is 3.28. The molecule has 1 unspecified atom stereocenters. The van der Waals surface area contributed by atoms with Gasteiger partial charge in [0.15, 0.2) is 5.69 Å². The highest BCUT2D eigenvalue weighted by atomic mass is 16.5. The Labute approximate surface area is 173 Å². The average molecular weight is 407 g/mol. The van der Waals surface area contributed by atoms with Gasteiger partial charge in [-0.2, -0.15) is 0 Å². The number of aliphatic hydroxyl groups is 1. The molecule has 2 amide bonds. The van der Waals surface area contributed by atoms with E-state index in [4.69, 9.17) is 9.26 Å². The molecule has 1 aromatic heterocycles. The molecule has 2 N–H and O–H groups in total. The summed E-state index contributed by atoms with van der Waals surface area (Å²) in [4.78, 5) is 26.9. The molecule has 1 aliphatic heterocycles. The summed E-state index contributed by atoms with van der Waals surface area (Å²) in [7, 11) is 1.60. The van der Waals surface area contributed by atoms with E-state index in [2.05, 4.69) is 10.5 Å². The van der Waals surface area contributed by atoms with Crippen molar-refractivity contribution in [1.82, 2.24) is 10.5 Å². The highest BCUT2D eigenvalue weighted by molar-refractivity contribution is 6.02. The monoisotopic (exact) mass is 407 g/mol. The van der Waals surface area contributed by atoms with Crippen molar-refractivity contribution in [3.8, 4) is 5.75 Å². The van der Waals surface area contributed by atoms with Crippen molar-refractivity contribution < 1.29 is 24.0 Å². The first-order valence-electron chi connectivity index (χ1n) is 9.49. The van der Waals surface area contributed by atoms with Gasteiger partial charge in [0.25, 0.3) is 11.8 Å². The number of benzene rings is 2. The molecule has 0 saturated heterocycles. The zero-order valence-corrected chi connectivity index (χ0v) is 16.4. The normalized spacial score (nSPS) is 15.9. The number of fused-ring (bicyclic) bond motifs is 1. The van der Waals surface area contributed by atoms with Crippen molar-refractivity contribution in [2.24, 2.45) is 0 Å². The molecule has 3 aromatic rings. The van der Waals surface area contributed by atoms with Crippen LogP contribution in [0.2, 0.25) is 0 Å². The summed E-state index contributed by atoms with van der Waals surface area (Å²) in [5, 5.41) is 15.8. The second-order valence-corrected chi connectivity index (χ2v) is 7.04. The third-order valence-corrected chi connectivity index (χ3v) is 4.92. The van der Waals surface area contributed by atoms with Gasteiger partial charge in [-0.15, -0.1) is 0 Å². The van der Waals surface area contributed by atoms with Crippen LogP contribution in [0.3, 0.4) is 0 Å². The smallest absolute Gasteiger partial charge is 0.274 e. The largest absolute Gasteiger partial charge is 0.489 e. The molecule has 2 heterocycles. The number of ether oxygens (including phenoxy) is 1. The quantitative estimate of drug-likeness (QED) is 0.670. The molecular formula is C22H21N3O5. The third kappa shape index (κ3) is 4.04. The molecule has 0 radical (unpaired) electrons. The Bertz CT molecular complexity index is 1060. The Kier molecular flexibility index (Phi) is 5.49. The minimum absolute atomic E-state index is 0.0187. The third-order valence-electron chi connectivity index (χ3n) is 4.92. The lowest BCUT2D eigenvalue weighted by molar-refractivity contribution is -0.120. The number of hydrogen-bond donors (Lipinski definition) is 2. The zero-order valence-electron chi connectivity index (χ0n) is 16.4. The maximum Gasteiger partial charge on any atom is 0.274 e. The van der Waals surface area contributed by atoms with Crippen LogP contribution in [0.1, 0.15) is 27.4 Å². The van der Waals surface area contributed by atoms with Gasteiger partial charge in [0.05, 0.1) is 12.3 Å². The van der Waals surface area contributed by atoms with E-state index in [0.717, 1.165) is 5.56 Å². The van der Waals surface area contributed by atoms with Crippen LogP contribution in [0.25, 0.3) is 0 Å². The number of carbonyl (C=O) groups excluding carboxylic acids is 2. The predicted molar refractivity (Wildman–Crippen MR) is 108 cm³/mol. The summed E-state index contributed by atoms with van der Waals surface area (Å²) >= 11 is 0. The molecule has 0 bridgehead atoms. The number of anilines is 1. The Morgan fingerprint density at radius 3 is 2.77 bits per heavy atom. The fourth-order valence-corrected chi connectivity index (χ4v) is 3.28. The Morgan fingerprint density at radius 1 is 1.20 bits per heavy atom. The van der Waals surface area contributed by atoms with E-state index in [1.807, 2.05) is 30.3 Å². The number of nitrogens with one attached hydrogen (secondary N) is 1. The number of nitrogens with zero attached hydrogens (tertiary/aromatic N) is 2. The van der Waals surface area contributed by atoms with Gasteiger partial charge < -0.3 is 24.6 Å². The highest BCUT2D eigenvalue weighted by Gasteiger charge is 2.31. The van der Waals surface area contributed by atoms with E-state index < -0.39 is 11.9 Å². The van der Waals surface area contributed by atoms with Crippen LogP contribution in [0.4, 0.5) is 5.69 Å². The van der Waals surface area contributed by atoms with Crippen LogP contribution >= 0.6 is 0 Å². The van der Waals surface area contributed by atoms with Crippen LogP contribution in [0, 0.1) is 0 Å². The van der Waals surface area contributed by atoms with E-state index in [0.29, 0.717) is 29.2 Å². The van der Waals surface area contributed by atoms with Crippen LogP contribution in [-0.2, 0) is 17.8 Å². The number of likely N-dealkylation sites (N-methyl/N-ethyl adjacent to an activating group) is 1. The molecule has 154 valence electrons. The molecule has 1 aliphatic rings. The molecular weight excluding hydrogens is 386 g/mol. The van der Waals surface area contributed by atoms with Gasteiger partial charge in [0.1, 0.15) is 24.2 Å². The lowest BCUT2D eigenvalue weighted by atomic mass is 10.1. The van der Waals surface area contributed by atoms with E-state index >= 15 is 0 Å². The molecule has 8 heteroatoms. The van der Waals surface area contributed by atoms with E-state index in [9.17, 15) is 14.7 Å². The van der Waals surface area contributed by atoms with E-state index in [1.165, 1.54) is 4.90 Å². The summed E-state index contributed by atoms with van der Waals surface area (Å²) in [5.74, 6) is 0.211. The number of aliphatic hydroxyl groups excluding tert-OH is 1. The van der Waals surface area contributed by atoms with Crippen LogP contribution in [0.15, 0.2) is 59.1 Å². The van der Waals surface area contributed by atoms with Crippen LogP contribution in [0.5, 0.6) is 5.75 Å². The van der Waals surface area contributed by atoms with Gasteiger partial charge in [-0.1, -0.05) is 41.6 Å². The van der Waals surface area contributed by atoms with E-state index in [1.54, 1.807) is 31.3 Å². The number of carbonyl (C=O) groups is 2. The van der Waals surface area contributed by atoms with Gasteiger partial charge >= 0.3 is 0 Å². The molecule has 4 rings (SSSR count). The van der Waals surface area contributed by atoms with Crippen molar-refractivity contribution in [3.63, 3.8) is 0 Å². The first-order valence-corrected chi connectivity index (χ1v) is 9.49. The van der Waals surface area contributed by atoms with Crippen molar-refractivity contribution in [3.05, 3.63) is 77.2 Å². The standard InChI is InChI=1S/C22H21N3O5/c1-25-19-10-15(12-26)7-8-20(19)29-13-18(22(25)28)23-21(27)17-11-16(30-24-17)9-14-5-3-2-4-6-14/h2-8,10-11,18,26H,9,12-13H2,1H3,(H,23,27). The molecule has 8 nitrogen and oxygen atoms in total. The molecule has 0 spiro atoms. The molecule has 0 aliphatic carbocycles. The van der Waals surface area contributed by atoms with Crippen molar-refractivity contribution in [1.29, 1.82) is 0 Å². The van der Waals surface area contributed by atoms with Crippen molar-refractivity contribution in [2.75, 3.05) is 18.6 Å². The maximum absolute atomic E-state index is 12.8. The Balaban J connectivity index is 1.45. The van der Waals surface area contributed by atoms with Gasteiger partial charge in [-0.3, -0.25) is 9.59 Å². The summed E-state index contributed by atoms with van der Waals surface area (Å²) in [5.41, 5.74) is 2.33. The Morgan fingerprint density at radius 2 is 2.00 bits per heavy atom. The fraction of sp³-hybridized carbons (Fsp3) is 0.227. The van der Waals surface area contributed by atoms with Crippen molar-refractivity contribution in [2.45, 2.75) is 19.1 Å². The molecule has 30 heavy (non-hydrogen) atoms. The van der Waals surface area contributed by atoms with Crippen LogP contribution in [-0.4, -0.2) is 41.8 Å². The van der Waals surface area contributed by atoms with Crippen molar-refractivity contribution >= 4 is 17.5 Å². The molecule has 1 atom stereocenters. The maximum atomic E-state index is 12.8. The minimum atomic E-state index is -0.887. The SMILES string of the molecule is CN1C(=O)C(NC(=O)c2cc(Cc3ccccc3)on2)COc2ccc(CO)cc21. The van der Waals surface area contributed by atoms with Gasteiger partial charge in [0, 0.05) is 19.5 Å². The lowest BCUT2D eigenvalue weighted by Crippen LogP contribution is -2.49. The first kappa shape index (κ1) is 19.7. The highest BCUT2D eigenvalue weighted by Crippen LogP contribution is 2.31. The minimum Gasteiger partial charge on any atom is -0.489 e. The van der Waals surface area contributed by atoms with E-state index in [-0.39, 0.29) is 24.8 Å². The summed E-state index contributed by atoms with van der Waals surface area (Å²) in [6.07, 6.45) is 0.512. The average Bonchev–Trinajstić information content (AvgIpc) is 3.20. The topological polar surface area (TPSA) is 105 Å². The molecule has 0 fully saturated rings. The second-order valence-electron chi connectivity index (χ2n) is 7.04. The van der Waals surface area contributed by atoms with Gasteiger partial charge in [-0.25, -0.2) is 0 Å². The Hall–Kier alpha value is -3.65.